The van der Waals surface area contributed by atoms with E-state index in [1.807, 2.05) is 4.90 Å². The molecule has 12 heteroatoms. The number of carbonyl (C=O) groups excluding carboxylic acids is 1. The highest BCUT2D eigenvalue weighted by molar-refractivity contribution is 8.01. The van der Waals surface area contributed by atoms with Gasteiger partial charge in [-0.1, -0.05) is 0 Å². The largest absolute Gasteiger partial charge is 0.480 e. The molecule has 4 atom stereocenters. The molecule has 0 aromatic heterocycles. The van der Waals surface area contributed by atoms with Crippen molar-refractivity contribution < 1.29 is 28.8 Å². The fourth-order valence-electron chi connectivity index (χ4n) is 3.62. The van der Waals surface area contributed by atoms with Crippen LogP contribution in [0.1, 0.15) is 13.8 Å². The quantitative estimate of drug-likeness (QED) is 0.264. The van der Waals surface area contributed by atoms with Crippen LogP contribution in [-0.4, -0.2) is 75.5 Å². The van der Waals surface area contributed by atoms with E-state index in [0.717, 1.165) is 17.4 Å². The molecule has 1 aromatic rings. The number of hydrogen-bond donors (Lipinski definition) is 2. The Kier molecular flexibility index (Phi) is 6.60. The fraction of sp³-hybridized carbons (Fsp3) is 0.556. The average Bonchev–Trinajstić information content (AvgIpc) is 3.24. The van der Waals surface area contributed by atoms with E-state index in [2.05, 4.69) is 5.32 Å². The molecule has 0 saturated carbocycles. The summed E-state index contributed by atoms with van der Waals surface area (Å²) < 4.78 is 19.4. The smallest absolute Gasteiger partial charge is 0.325 e. The van der Waals surface area contributed by atoms with Crippen molar-refractivity contribution >= 4 is 35.4 Å². The number of halogens is 1. The van der Waals surface area contributed by atoms with E-state index < -0.39 is 33.1 Å². The number of nitrogens with zero attached hydrogens (tertiary/aromatic N) is 3. The Balaban J connectivity index is 1.56. The maximum atomic E-state index is 14.7. The lowest BCUT2D eigenvalue weighted by atomic mass is 10.0. The molecule has 0 spiro atoms. The van der Waals surface area contributed by atoms with Gasteiger partial charge in [0.15, 0.2) is 6.04 Å². The van der Waals surface area contributed by atoms with Gasteiger partial charge >= 0.3 is 5.97 Å². The molecule has 2 heterocycles. The van der Waals surface area contributed by atoms with Gasteiger partial charge < -0.3 is 24.9 Å². The molecule has 4 unspecified atom stereocenters. The van der Waals surface area contributed by atoms with Gasteiger partial charge in [-0.3, -0.25) is 14.9 Å². The number of nitro benzene ring substituents is 1. The molecule has 0 bridgehead atoms. The van der Waals surface area contributed by atoms with Crippen molar-refractivity contribution in [3.05, 3.63) is 34.4 Å². The van der Waals surface area contributed by atoms with E-state index in [1.54, 1.807) is 26.0 Å². The van der Waals surface area contributed by atoms with Crippen LogP contribution in [-0.2, 0) is 14.3 Å². The van der Waals surface area contributed by atoms with Crippen molar-refractivity contribution in [2.24, 2.45) is 0 Å². The van der Waals surface area contributed by atoms with Crippen LogP contribution in [0.15, 0.2) is 24.3 Å². The SMILES string of the molecule is CC1(C)SC(C(C=O)NCC2CN(c3ccc([N+](=O)[O-])cc3)CO2)N(F)C1C(=O)O. The first-order chi connectivity index (χ1) is 14.1. The van der Waals surface area contributed by atoms with Crippen LogP contribution in [0.5, 0.6) is 0 Å². The number of aliphatic carboxylic acids is 1. The zero-order valence-electron chi connectivity index (χ0n) is 16.4. The van der Waals surface area contributed by atoms with E-state index in [-0.39, 0.29) is 30.2 Å². The Morgan fingerprint density at radius 3 is 2.70 bits per heavy atom. The molecule has 2 aliphatic rings. The second kappa shape index (κ2) is 8.84. The first-order valence-electron chi connectivity index (χ1n) is 9.28. The maximum absolute atomic E-state index is 14.7. The third-order valence-electron chi connectivity index (χ3n) is 5.16. The Morgan fingerprint density at radius 1 is 1.50 bits per heavy atom. The molecule has 0 radical (unpaired) electrons. The summed E-state index contributed by atoms with van der Waals surface area (Å²) in [4.78, 5) is 35.2. The van der Waals surface area contributed by atoms with Gasteiger partial charge in [-0.2, -0.15) is 0 Å². The minimum Gasteiger partial charge on any atom is -0.480 e. The van der Waals surface area contributed by atoms with Gasteiger partial charge in [-0.25, -0.2) is 0 Å². The van der Waals surface area contributed by atoms with Crippen LogP contribution < -0.4 is 10.2 Å². The third kappa shape index (κ3) is 4.56. The first-order valence-corrected chi connectivity index (χ1v) is 10.2. The number of thioether (sulfide) groups is 1. The van der Waals surface area contributed by atoms with Crippen molar-refractivity contribution in [2.45, 2.75) is 42.2 Å². The number of ether oxygens (including phenoxy) is 1. The highest BCUT2D eigenvalue weighted by Crippen LogP contribution is 2.45. The molecule has 2 aliphatic heterocycles. The molecule has 30 heavy (non-hydrogen) atoms. The second-order valence-electron chi connectivity index (χ2n) is 7.68. The number of anilines is 1. The molecule has 2 N–H and O–H groups in total. The number of hydrogen-bond acceptors (Lipinski definition) is 9. The molecule has 2 fully saturated rings. The van der Waals surface area contributed by atoms with Gasteiger partial charge in [0, 0.05) is 35.7 Å². The minimum atomic E-state index is -1.35. The van der Waals surface area contributed by atoms with Crippen LogP contribution in [0.25, 0.3) is 0 Å². The van der Waals surface area contributed by atoms with Crippen molar-refractivity contribution in [3.63, 3.8) is 0 Å². The summed E-state index contributed by atoms with van der Waals surface area (Å²) in [6.45, 7) is 4.28. The molecule has 2 saturated heterocycles. The summed E-state index contributed by atoms with van der Waals surface area (Å²) >= 11 is 1.10. The highest BCUT2D eigenvalue weighted by atomic mass is 32.2. The van der Waals surface area contributed by atoms with E-state index in [1.165, 1.54) is 12.1 Å². The number of nitro groups is 1. The molecular weight excluding hydrogens is 419 g/mol. The lowest BCUT2D eigenvalue weighted by Gasteiger charge is -2.24. The maximum Gasteiger partial charge on any atom is 0.325 e. The summed E-state index contributed by atoms with van der Waals surface area (Å²) in [6.07, 6.45) is 0.290. The van der Waals surface area contributed by atoms with Crippen molar-refractivity contribution in [3.8, 4) is 0 Å². The lowest BCUT2D eigenvalue weighted by Crippen LogP contribution is -2.50. The van der Waals surface area contributed by atoms with Gasteiger partial charge in [-0.05, 0) is 26.0 Å². The Labute approximate surface area is 176 Å². The van der Waals surface area contributed by atoms with E-state index >= 15 is 0 Å². The number of non-ortho nitro benzene ring substituents is 1. The number of carbonyl (C=O) groups is 2. The van der Waals surface area contributed by atoms with Gasteiger partial charge in [0.05, 0.1) is 17.1 Å². The zero-order valence-corrected chi connectivity index (χ0v) is 17.3. The van der Waals surface area contributed by atoms with Gasteiger partial charge in [0.25, 0.3) is 5.69 Å². The number of aldehydes is 1. The van der Waals surface area contributed by atoms with Gasteiger partial charge in [0.1, 0.15) is 18.4 Å². The zero-order chi connectivity index (χ0) is 22.1. The predicted molar refractivity (Wildman–Crippen MR) is 108 cm³/mol. The van der Waals surface area contributed by atoms with Gasteiger partial charge in [0.2, 0.25) is 0 Å². The van der Waals surface area contributed by atoms with Crippen molar-refractivity contribution in [2.75, 3.05) is 24.7 Å². The molecule has 164 valence electrons. The fourth-order valence-corrected chi connectivity index (χ4v) is 5.10. The van der Waals surface area contributed by atoms with Crippen LogP contribution in [0.4, 0.5) is 15.9 Å². The minimum absolute atomic E-state index is 0.00154. The van der Waals surface area contributed by atoms with Crippen LogP contribution in [0, 0.1) is 10.1 Å². The van der Waals surface area contributed by atoms with E-state index in [9.17, 15) is 29.3 Å². The summed E-state index contributed by atoms with van der Waals surface area (Å²) in [6, 6.07) is 3.83. The molecule has 0 aliphatic carbocycles. The number of benzene rings is 1. The monoisotopic (exact) mass is 442 g/mol. The third-order valence-corrected chi connectivity index (χ3v) is 6.72. The summed E-state index contributed by atoms with van der Waals surface area (Å²) in [5.74, 6) is -1.28. The van der Waals surface area contributed by atoms with Gasteiger partial charge in [-0.15, -0.1) is 21.4 Å². The van der Waals surface area contributed by atoms with Crippen molar-refractivity contribution in [1.29, 1.82) is 0 Å². The Bertz CT molecular complexity index is 810. The van der Waals surface area contributed by atoms with Crippen LogP contribution in [0.3, 0.4) is 0 Å². The normalized spacial score (nSPS) is 27.2. The predicted octanol–water partition coefficient (Wildman–Crippen LogP) is 1.41. The average molecular weight is 442 g/mol. The van der Waals surface area contributed by atoms with E-state index in [4.69, 9.17) is 4.74 Å². The van der Waals surface area contributed by atoms with Crippen LogP contribution >= 0.6 is 11.8 Å². The topological polar surface area (TPSA) is 125 Å². The lowest BCUT2D eigenvalue weighted by molar-refractivity contribution is -0.384. The molecule has 1 aromatic carbocycles. The summed E-state index contributed by atoms with van der Waals surface area (Å²) in [5.41, 5.74) is 0.765. The first kappa shape index (κ1) is 22.4. The second-order valence-corrected chi connectivity index (χ2v) is 9.45. The van der Waals surface area contributed by atoms with Crippen molar-refractivity contribution in [1.82, 2.24) is 10.4 Å². The Hall–Kier alpha value is -2.28. The highest BCUT2D eigenvalue weighted by Gasteiger charge is 2.54. The van der Waals surface area contributed by atoms with E-state index in [0.29, 0.717) is 12.8 Å². The van der Waals surface area contributed by atoms with Crippen LogP contribution in [0.2, 0.25) is 0 Å². The number of nitrogens with one attached hydrogen (secondary N) is 1. The summed E-state index contributed by atoms with van der Waals surface area (Å²) in [7, 11) is 0. The number of carboxylic acid groups (broad SMARTS) is 1. The standard InChI is InChI=1S/C18H23FN4O6S/c1-18(2)15(17(25)26)22(19)16(30-18)14(9-24)20-7-13-8-21(10-29-13)11-3-5-12(6-4-11)23(27)28/h3-6,9,13-16,20H,7-8,10H2,1-2H3,(H,25,26). The number of rotatable bonds is 8. The molecular formula is C18H23FN4O6S. The number of carboxylic acids is 1. The molecule has 10 nitrogen and oxygen atoms in total. The summed E-state index contributed by atoms with van der Waals surface area (Å²) in [5, 5.41) is 22.3. The Morgan fingerprint density at radius 2 is 2.17 bits per heavy atom. The molecule has 3 rings (SSSR count). The molecule has 0 amide bonds.